The van der Waals surface area contributed by atoms with E-state index in [0.29, 0.717) is 6.54 Å². The molecule has 1 aromatic heterocycles. The lowest BCUT2D eigenvalue weighted by atomic mass is 10.2. The number of hydrogen-bond donors (Lipinski definition) is 1. The van der Waals surface area contributed by atoms with Gasteiger partial charge in [0.05, 0.1) is 36.0 Å². The van der Waals surface area contributed by atoms with Crippen LogP contribution >= 0.6 is 11.3 Å². The summed E-state index contributed by atoms with van der Waals surface area (Å²) in [4.78, 5) is 22.1. The summed E-state index contributed by atoms with van der Waals surface area (Å²) in [6.45, 7) is 4.69. The van der Waals surface area contributed by atoms with Crippen molar-refractivity contribution >= 4 is 38.8 Å². The van der Waals surface area contributed by atoms with Gasteiger partial charge in [-0.05, 0) is 55.8 Å². The van der Waals surface area contributed by atoms with Crippen molar-refractivity contribution < 1.29 is 9.53 Å². The number of carbonyl (C=O) groups excluding carboxylic acids is 1. The van der Waals surface area contributed by atoms with Crippen LogP contribution in [0, 0.1) is 0 Å². The van der Waals surface area contributed by atoms with E-state index in [0.717, 1.165) is 61.9 Å². The first-order chi connectivity index (χ1) is 14.8. The van der Waals surface area contributed by atoms with Crippen LogP contribution in [-0.4, -0.2) is 55.2 Å². The van der Waals surface area contributed by atoms with Crippen LogP contribution in [0.3, 0.4) is 0 Å². The molecule has 0 saturated carbocycles. The number of benzene rings is 2. The molecule has 1 unspecified atom stereocenters. The van der Waals surface area contributed by atoms with Gasteiger partial charge >= 0.3 is 0 Å². The Balaban J connectivity index is 1.21. The number of anilines is 2. The number of rotatable bonds is 5. The number of morpholine rings is 1. The van der Waals surface area contributed by atoms with Crippen molar-refractivity contribution in [2.75, 3.05) is 49.6 Å². The maximum absolute atomic E-state index is 12.7. The molecule has 3 heterocycles. The Morgan fingerprint density at radius 1 is 1.10 bits per heavy atom. The molecule has 1 N–H and O–H groups in total. The van der Waals surface area contributed by atoms with Crippen LogP contribution < -0.4 is 10.2 Å². The van der Waals surface area contributed by atoms with Gasteiger partial charge in [0.15, 0.2) is 0 Å². The average Bonchev–Trinajstić information content (AvgIpc) is 3.41. The number of para-hydroxylation sites is 1. The summed E-state index contributed by atoms with van der Waals surface area (Å²) in [5, 5.41) is 4.18. The Bertz CT molecular complexity index is 980. The SMILES string of the molecule is O=C(CN1CCCC1c1nc2ccccc2s1)Nc1ccc(N2CCOCC2)cc1. The molecule has 0 bridgehead atoms. The molecule has 7 heteroatoms. The zero-order valence-electron chi connectivity index (χ0n) is 16.9. The van der Waals surface area contributed by atoms with E-state index in [-0.39, 0.29) is 11.9 Å². The fourth-order valence-electron chi connectivity index (χ4n) is 4.29. The molecular formula is C23H26N4O2S. The number of hydrogen-bond acceptors (Lipinski definition) is 6. The van der Waals surface area contributed by atoms with Gasteiger partial charge < -0.3 is 15.0 Å². The number of nitrogens with one attached hydrogen (secondary N) is 1. The first kappa shape index (κ1) is 19.5. The third-order valence-corrected chi connectivity index (χ3v) is 6.97. The quantitative estimate of drug-likeness (QED) is 0.676. The Labute approximate surface area is 180 Å². The molecule has 6 nitrogen and oxygen atoms in total. The molecule has 0 radical (unpaired) electrons. The number of carbonyl (C=O) groups is 1. The predicted molar refractivity (Wildman–Crippen MR) is 121 cm³/mol. The molecule has 1 amide bonds. The van der Waals surface area contributed by atoms with Crippen LogP contribution in [0.4, 0.5) is 11.4 Å². The van der Waals surface area contributed by atoms with Crippen molar-refractivity contribution in [3.8, 4) is 0 Å². The Morgan fingerprint density at radius 3 is 2.70 bits per heavy atom. The van der Waals surface area contributed by atoms with E-state index in [9.17, 15) is 4.79 Å². The van der Waals surface area contributed by atoms with Gasteiger partial charge in [0.2, 0.25) is 5.91 Å². The standard InChI is InChI=1S/C23H26N4O2S/c28-22(24-17-7-9-18(10-8-17)26-12-14-29-15-13-26)16-27-11-3-5-20(27)23-25-19-4-1-2-6-21(19)30-23/h1-2,4,6-10,20H,3,5,11-16H2,(H,24,28). The monoisotopic (exact) mass is 422 g/mol. The Hall–Kier alpha value is -2.48. The maximum atomic E-state index is 12.7. The second-order valence-corrected chi connectivity index (χ2v) is 8.91. The fraction of sp³-hybridized carbons (Fsp3) is 0.391. The number of likely N-dealkylation sites (tertiary alicyclic amines) is 1. The molecule has 0 aliphatic carbocycles. The van der Waals surface area contributed by atoms with Crippen molar-refractivity contribution in [3.63, 3.8) is 0 Å². The Kier molecular flexibility index (Phi) is 5.66. The van der Waals surface area contributed by atoms with Crippen LogP contribution in [-0.2, 0) is 9.53 Å². The Morgan fingerprint density at radius 2 is 1.90 bits per heavy atom. The molecule has 2 aliphatic rings. The van der Waals surface area contributed by atoms with Crippen LogP contribution in [0.1, 0.15) is 23.9 Å². The number of aromatic nitrogens is 1. The molecule has 2 fully saturated rings. The zero-order valence-corrected chi connectivity index (χ0v) is 17.7. The van der Waals surface area contributed by atoms with Gasteiger partial charge in [0, 0.05) is 24.5 Å². The highest BCUT2D eigenvalue weighted by atomic mass is 32.1. The highest BCUT2D eigenvalue weighted by Gasteiger charge is 2.30. The normalized spacial score (nSPS) is 20.0. The minimum atomic E-state index is 0.0298. The molecule has 3 aromatic rings. The molecule has 156 valence electrons. The van der Waals surface area contributed by atoms with Gasteiger partial charge in [-0.2, -0.15) is 0 Å². The van der Waals surface area contributed by atoms with Crippen molar-refractivity contribution in [1.82, 2.24) is 9.88 Å². The van der Waals surface area contributed by atoms with E-state index in [1.54, 1.807) is 11.3 Å². The zero-order chi connectivity index (χ0) is 20.3. The van der Waals surface area contributed by atoms with E-state index < -0.39 is 0 Å². The number of ether oxygens (including phenoxy) is 1. The summed E-state index contributed by atoms with van der Waals surface area (Å²) >= 11 is 1.75. The van der Waals surface area contributed by atoms with Gasteiger partial charge in [-0.3, -0.25) is 9.69 Å². The first-order valence-electron chi connectivity index (χ1n) is 10.6. The summed E-state index contributed by atoms with van der Waals surface area (Å²) in [5.41, 5.74) is 3.06. The molecule has 1 atom stereocenters. The van der Waals surface area contributed by atoms with Gasteiger partial charge in [-0.25, -0.2) is 4.98 Å². The molecule has 2 saturated heterocycles. The summed E-state index contributed by atoms with van der Waals surface area (Å²) in [6.07, 6.45) is 2.16. The fourth-order valence-corrected chi connectivity index (χ4v) is 5.43. The maximum Gasteiger partial charge on any atom is 0.238 e. The highest BCUT2D eigenvalue weighted by molar-refractivity contribution is 7.18. The number of fused-ring (bicyclic) bond motifs is 1. The molecule has 2 aliphatic heterocycles. The lowest BCUT2D eigenvalue weighted by Gasteiger charge is -2.29. The smallest absolute Gasteiger partial charge is 0.238 e. The minimum absolute atomic E-state index is 0.0298. The lowest BCUT2D eigenvalue weighted by molar-refractivity contribution is -0.117. The number of thiazole rings is 1. The van der Waals surface area contributed by atoms with Crippen molar-refractivity contribution in [3.05, 3.63) is 53.5 Å². The van der Waals surface area contributed by atoms with Crippen LogP contribution in [0.2, 0.25) is 0 Å². The minimum Gasteiger partial charge on any atom is -0.378 e. The number of amides is 1. The summed E-state index contributed by atoms with van der Waals surface area (Å²) in [6, 6.07) is 16.6. The van der Waals surface area contributed by atoms with E-state index in [1.807, 2.05) is 18.2 Å². The summed E-state index contributed by atoms with van der Waals surface area (Å²) in [7, 11) is 0. The van der Waals surface area contributed by atoms with E-state index >= 15 is 0 Å². The van der Waals surface area contributed by atoms with E-state index in [1.165, 1.54) is 10.4 Å². The van der Waals surface area contributed by atoms with E-state index in [4.69, 9.17) is 9.72 Å². The number of nitrogens with zero attached hydrogens (tertiary/aromatic N) is 3. The summed E-state index contributed by atoms with van der Waals surface area (Å²) in [5.74, 6) is 0.0298. The van der Waals surface area contributed by atoms with Crippen LogP contribution in [0.15, 0.2) is 48.5 Å². The highest BCUT2D eigenvalue weighted by Crippen LogP contribution is 2.36. The van der Waals surface area contributed by atoms with Crippen molar-refractivity contribution in [2.45, 2.75) is 18.9 Å². The summed E-state index contributed by atoms with van der Waals surface area (Å²) < 4.78 is 6.62. The van der Waals surface area contributed by atoms with Crippen LogP contribution in [0.25, 0.3) is 10.2 Å². The third-order valence-electron chi connectivity index (χ3n) is 5.83. The second-order valence-electron chi connectivity index (χ2n) is 7.84. The van der Waals surface area contributed by atoms with Gasteiger partial charge in [-0.15, -0.1) is 11.3 Å². The van der Waals surface area contributed by atoms with Gasteiger partial charge in [0.1, 0.15) is 5.01 Å². The van der Waals surface area contributed by atoms with Gasteiger partial charge in [0.25, 0.3) is 0 Å². The topological polar surface area (TPSA) is 57.7 Å². The molecular weight excluding hydrogens is 396 g/mol. The van der Waals surface area contributed by atoms with Crippen molar-refractivity contribution in [1.29, 1.82) is 0 Å². The molecule has 2 aromatic carbocycles. The van der Waals surface area contributed by atoms with E-state index in [2.05, 4.69) is 45.4 Å². The third kappa shape index (κ3) is 4.19. The molecule has 5 rings (SSSR count). The van der Waals surface area contributed by atoms with Gasteiger partial charge in [-0.1, -0.05) is 12.1 Å². The largest absolute Gasteiger partial charge is 0.378 e. The van der Waals surface area contributed by atoms with Crippen LogP contribution in [0.5, 0.6) is 0 Å². The predicted octanol–water partition coefficient (Wildman–Crippen LogP) is 3.91. The first-order valence-corrected chi connectivity index (χ1v) is 11.4. The lowest BCUT2D eigenvalue weighted by Crippen LogP contribution is -2.36. The molecule has 0 spiro atoms. The molecule has 30 heavy (non-hydrogen) atoms. The average molecular weight is 423 g/mol. The van der Waals surface area contributed by atoms with Crippen molar-refractivity contribution in [2.24, 2.45) is 0 Å². The second kappa shape index (κ2) is 8.71.